The summed E-state index contributed by atoms with van der Waals surface area (Å²) in [6.07, 6.45) is 0. The summed E-state index contributed by atoms with van der Waals surface area (Å²) in [7, 11) is 0. The van der Waals surface area contributed by atoms with Crippen LogP contribution in [-0.2, 0) is 0 Å². The number of hydrogen-bond donors (Lipinski definition) is 3. The molecule has 3 nitrogen and oxygen atoms in total. The molecule has 0 fully saturated rings. The van der Waals surface area contributed by atoms with Crippen molar-refractivity contribution in [2.24, 2.45) is 0 Å². The van der Waals surface area contributed by atoms with Crippen LogP contribution in [0.5, 0.6) is 5.75 Å². The number of aromatic hydroxyl groups is 1. The number of hydrogen-bond acceptors (Lipinski definition) is 3. The molecule has 54 valence electrons. The molecular formula is C7H9NO2. The van der Waals surface area contributed by atoms with Crippen molar-refractivity contribution < 1.29 is 10.3 Å². The van der Waals surface area contributed by atoms with E-state index in [2.05, 4.69) is 0 Å². The largest absolute Gasteiger partial charge is 0.506 e. The second kappa shape index (κ2) is 2.58. The Morgan fingerprint density at radius 3 is 2.60 bits per heavy atom. The number of phenols is 1. The zero-order valence-corrected chi connectivity index (χ0v) is 5.63. The van der Waals surface area contributed by atoms with Crippen LogP contribution in [0.25, 0.3) is 0 Å². The van der Waals surface area contributed by atoms with Crippen molar-refractivity contribution in [2.75, 3.05) is 5.48 Å². The fraction of sp³-hybridized carbons (Fsp3) is 0.143. The molecule has 1 aromatic carbocycles. The summed E-state index contributed by atoms with van der Waals surface area (Å²) in [6, 6.07) is 4.96. The van der Waals surface area contributed by atoms with Crippen LogP contribution in [0.15, 0.2) is 18.2 Å². The Morgan fingerprint density at radius 2 is 2.10 bits per heavy atom. The van der Waals surface area contributed by atoms with E-state index in [-0.39, 0.29) is 5.75 Å². The predicted octanol–water partition coefficient (Wildman–Crippen LogP) is 1.50. The van der Waals surface area contributed by atoms with E-state index in [0.717, 1.165) is 5.56 Å². The highest BCUT2D eigenvalue weighted by molar-refractivity contribution is 5.54. The lowest BCUT2D eigenvalue weighted by atomic mass is 10.2. The zero-order valence-electron chi connectivity index (χ0n) is 5.63. The number of benzene rings is 1. The van der Waals surface area contributed by atoms with Crippen LogP contribution in [0.3, 0.4) is 0 Å². The van der Waals surface area contributed by atoms with Crippen LogP contribution in [0, 0.1) is 6.92 Å². The fourth-order valence-electron chi connectivity index (χ4n) is 0.736. The number of aryl methyl sites for hydroxylation is 1. The van der Waals surface area contributed by atoms with Crippen LogP contribution in [0.1, 0.15) is 5.56 Å². The van der Waals surface area contributed by atoms with Gasteiger partial charge in [0.1, 0.15) is 11.4 Å². The molecule has 1 rings (SSSR count). The van der Waals surface area contributed by atoms with Crippen LogP contribution in [0.4, 0.5) is 5.69 Å². The molecule has 0 bridgehead atoms. The van der Waals surface area contributed by atoms with Gasteiger partial charge in [0.2, 0.25) is 0 Å². The third-order valence-corrected chi connectivity index (χ3v) is 1.27. The smallest absolute Gasteiger partial charge is 0.141 e. The molecule has 0 saturated carbocycles. The summed E-state index contributed by atoms with van der Waals surface area (Å²) in [5.41, 5.74) is 3.15. The van der Waals surface area contributed by atoms with Gasteiger partial charge in [0, 0.05) is 0 Å². The molecule has 0 heterocycles. The highest BCUT2D eigenvalue weighted by Gasteiger charge is 1.96. The lowest BCUT2D eigenvalue weighted by Crippen LogP contribution is -1.88. The van der Waals surface area contributed by atoms with Gasteiger partial charge in [-0.2, -0.15) is 0 Å². The van der Waals surface area contributed by atoms with Crippen LogP contribution >= 0.6 is 0 Å². The fourth-order valence-corrected chi connectivity index (χ4v) is 0.736. The molecule has 1 aromatic rings. The average Bonchev–Trinajstić information content (AvgIpc) is 1.88. The molecule has 10 heavy (non-hydrogen) atoms. The molecule has 0 aliphatic carbocycles. The first kappa shape index (κ1) is 6.89. The summed E-state index contributed by atoms with van der Waals surface area (Å²) in [5, 5.41) is 17.5. The van der Waals surface area contributed by atoms with Crippen molar-refractivity contribution in [1.29, 1.82) is 0 Å². The van der Waals surface area contributed by atoms with Crippen LogP contribution in [0.2, 0.25) is 0 Å². The van der Waals surface area contributed by atoms with E-state index < -0.39 is 0 Å². The molecule has 0 saturated heterocycles. The van der Waals surface area contributed by atoms with E-state index in [0.29, 0.717) is 5.69 Å². The van der Waals surface area contributed by atoms with Gasteiger partial charge in [0.15, 0.2) is 0 Å². The molecule has 0 aromatic heterocycles. The molecule has 0 amide bonds. The number of nitrogens with one attached hydrogen (secondary N) is 1. The van der Waals surface area contributed by atoms with Gasteiger partial charge in [0.25, 0.3) is 0 Å². The Hall–Kier alpha value is -1.22. The Bertz CT molecular complexity index is 235. The maximum Gasteiger partial charge on any atom is 0.141 e. The summed E-state index contributed by atoms with van der Waals surface area (Å²) >= 11 is 0. The first-order valence-corrected chi connectivity index (χ1v) is 2.94. The minimum absolute atomic E-state index is 0.0579. The molecule has 0 aliphatic heterocycles. The second-order valence-corrected chi connectivity index (χ2v) is 2.13. The number of rotatable bonds is 1. The van der Waals surface area contributed by atoms with Gasteiger partial charge in [-0.15, -0.1) is 0 Å². The quantitative estimate of drug-likeness (QED) is 0.408. The molecule has 0 unspecified atom stereocenters. The summed E-state index contributed by atoms with van der Waals surface area (Å²) in [4.78, 5) is 0. The van der Waals surface area contributed by atoms with E-state index in [1.807, 2.05) is 12.4 Å². The molecule has 3 N–H and O–H groups in total. The highest BCUT2D eigenvalue weighted by Crippen LogP contribution is 2.22. The minimum atomic E-state index is 0.0579. The third-order valence-electron chi connectivity index (χ3n) is 1.27. The van der Waals surface area contributed by atoms with E-state index in [1.165, 1.54) is 0 Å². The van der Waals surface area contributed by atoms with Crippen LogP contribution < -0.4 is 5.48 Å². The van der Waals surface area contributed by atoms with Crippen molar-refractivity contribution in [2.45, 2.75) is 6.92 Å². The Morgan fingerprint density at radius 1 is 1.40 bits per heavy atom. The molecule has 0 aliphatic rings. The van der Waals surface area contributed by atoms with Gasteiger partial charge >= 0.3 is 0 Å². The van der Waals surface area contributed by atoms with Gasteiger partial charge in [-0.1, -0.05) is 6.07 Å². The van der Waals surface area contributed by atoms with E-state index in [9.17, 15) is 0 Å². The van der Waals surface area contributed by atoms with Gasteiger partial charge in [-0.25, -0.2) is 0 Å². The summed E-state index contributed by atoms with van der Waals surface area (Å²) < 4.78 is 0. The molecule has 0 spiro atoms. The summed E-state index contributed by atoms with van der Waals surface area (Å²) in [6.45, 7) is 1.86. The Kier molecular flexibility index (Phi) is 1.78. The van der Waals surface area contributed by atoms with Crippen molar-refractivity contribution in [3.63, 3.8) is 0 Å². The predicted molar refractivity (Wildman–Crippen MR) is 38.3 cm³/mol. The van der Waals surface area contributed by atoms with E-state index in [1.54, 1.807) is 18.2 Å². The Balaban J connectivity index is 3.07. The molecular weight excluding hydrogens is 130 g/mol. The standard InChI is InChI=1S/C7H9NO2/c1-5-2-3-6(8-10)7(9)4-5/h2-4,8-10H,1H3. The summed E-state index contributed by atoms with van der Waals surface area (Å²) in [5.74, 6) is 0.0579. The number of anilines is 1. The SMILES string of the molecule is Cc1ccc(NO)c(O)c1. The lowest BCUT2D eigenvalue weighted by Gasteiger charge is -2.01. The van der Waals surface area contributed by atoms with Gasteiger partial charge < -0.3 is 5.11 Å². The lowest BCUT2D eigenvalue weighted by molar-refractivity contribution is 0.381. The van der Waals surface area contributed by atoms with E-state index >= 15 is 0 Å². The van der Waals surface area contributed by atoms with Crippen molar-refractivity contribution >= 4 is 5.69 Å². The van der Waals surface area contributed by atoms with Crippen molar-refractivity contribution in [3.8, 4) is 5.75 Å². The maximum absolute atomic E-state index is 9.07. The average molecular weight is 139 g/mol. The van der Waals surface area contributed by atoms with Gasteiger partial charge in [-0.3, -0.25) is 10.7 Å². The number of phenolic OH excluding ortho intramolecular Hbond substituents is 1. The first-order chi connectivity index (χ1) is 4.74. The molecule has 3 heteroatoms. The Labute approximate surface area is 58.9 Å². The zero-order chi connectivity index (χ0) is 7.56. The first-order valence-electron chi connectivity index (χ1n) is 2.94. The normalized spacial score (nSPS) is 9.40. The van der Waals surface area contributed by atoms with Gasteiger partial charge in [0.05, 0.1) is 0 Å². The highest BCUT2D eigenvalue weighted by atomic mass is 16.5. The van der Waals surface area contributed by atoms with Crippen molar-refractivity contribution in [3.05, 3.63) is 23.8 Å². The van der Waals surface area contributed by atoms with E-state index in [4.69, 9.17) is 10.3 Å². The van der Waals surface area contributed by atoms with Crippen molar-refractivity contribution in [1.82, 2.24) is 0 Å². The molecule has 0 atom stereocenters. The topological polar surface area (TPSA) is 52.5 Å². The maximum atomic E-state index is 9.07. The second-order valence-electron chi connectivity index (χ2n) is 2.13. The minimum Gasteiger partial charge on any atom is -0.506 e. The molecule has 0 radical (unpaired) electrons. The third kappa shape index (κ3) is 1.19. The van der Waals surface area contributed by atoms with Gasteiger partial charge in [-0.05, 0) is 24.6 Å². The van der Waals surface area contributed by atoms with Crippen LogP contribution in [-0.4, -0.2) is 10.3 Å². The monoisotopic (exact) mass is 139 g/mol.